The molecule has 8 aromatic carbocycles. The van der Waals surface area contributed by atoms with Crippen molar-refractivity contribution in [2.75, 3.05) is 80.1 Å². The van der Waals surface area contributed by atoms with Gasteiger partial charge in [0, 0.05) is 136 Å². The summed E-state index contributed by atoms with van der Waals surface area (Å²) in [6.45, 7) is -3.18. The number of methoxy groups -OCH3 is 2. The number of aliphatic carboxylic acids is 4. The van der Waals surface area contributed by atoms with Crippen molar-refractivity contribution in [1.82, 2.24) is 14.7 Å². The summed E-state index contributed by atoms with van der Waals surface area (Å²) in [4.78, 5) is 99.6. The molecule has 0 spiro atoms. The van der Waals surface area contributed by atoms with Gasteiger partial charge < -0.3 is 86.0 Å². The van der Waals surface area contributed by atoms with Gasteiger partial charge in [0.15, 0.2) is 5.78 Å². The third kappa shape index (κ3) is 33.8. The van der Waals surface area contributed by atoms with Crippen LogP contribution in [0.4, 0.5) is 0 Å². The fraction of sp³-hybridized carbons (Fsp3) is 0.321. The van der Waals surface area contributed by atoms with Gasteiger partial charge in [-0.15, -0.1) is 0 Å². The molecule has 1 aliphatic heterocycles. The Morgan fingerprint density at radius 2 is 0.652 bits per heavy atom. The van der Waals surface area contributed by atoms with E-state index in [0.717, 1.165) is 52.0 Å². The molecule has 1 fully saturated rings. The Balaban J connectivity index is 0.000000191. The van der Waals surface area contributed by atoms with Crippen molar-refractivity contribution in [1.29, 1.82) is 0 Å². The van der Waals surface area contributed by atoms with E-state index in [4.69, 9.17) is 80.8 Å². The van der Waals surface area contributed by atoms with Gasteiger partial charge in [-0.1, -0.05) is 133 Å². The van der Waals surface area contributed by atoms with Crippen LogP contribution in [0.2, 0.25) is 0 Å². The molecule has 0 bridgehead atoms. The lowest BCUT2D eigenvalue weighted by atomic mass is 10.0. The number of ketones is 1. The number of hydrogen-bond acceptors (Lipinski definition) is 19. The van der Waals surface area contributed by atoms with Crippen LogP contribution in [0.1, 0.15) is 182 Å². The molecular formula is C106H117N3O23. The van der Waals surface area contributed by atoms with Gasteiger partial charge in [0.1, 0.15) is 46.0 Å². The first-order valence-electron chi connectivity index (χ1n) is 47.4. The molecule has 26 heteroatoms. The van der Waals surface area contributed by atoms with E-state index >= 15 is 0 Å². The molecule has 694 valence electrons. The van der Waals surface area contributed by atoms with Crippen molar-refractivity contribution >= 4 is 47.4 Å². The van der Waals surface area contributed by atoms with Crippen LogP contribution in [-0.4, -0.2) is 169 Å². The summed E-state index contributed by atoms with van der Waals surface area (Å²) < 4.78 is 121. The number of unbranched alkanes of at least 4 members (excludes halogenated alkanes) is 8. The molecule has 1 saturated heterocycles. The molecule has 1 aliphatic rings. The Morgan fingerprint density at radius 3 is 0.992 bits per heavy atom. The van der Waals surface area contributed by atoms with E-state index in [1.165, 1.54) is 24.0 Å². The SMILES string of the molecule is [2H]C(COC)N(Cc1ccccc1OCCCCCC(=O)O)C(=O)c1ccc(-c2ccco2)cc1.[2H]C([2H])(CC(=O)c1ccc(-c2ccco2)cc1)c1ccccc1OCCCCCC(=O)O.[2H]C([2H])(COC)N(Cc1ccccc1OCCCCCC(=O)O)C(=O)c1ccc(-c2ccco2)cc1.[2H]C([2H])(c1ccccc1OCCCCCC(=O)O)N(C(=O)c1ccc(-c2ccco2)cc1)C1COC1. The van der Waals surface area contributed by atoms with Gasteiger partial charge in [0.05, 0.1) is 97.3 Å². The van der Waals surface area contributed by atoms with Crippen molar-refractivity contribution in [3.05, 3.63) is 312 Å². The first-order valence-corrected chi connectivity index (χ1v) is 43.8. The summed E-state index contributed by atoms with van der Waals surface area (Å²) in [6.07, 6.45) is 12.6. The lowest BCUT2D eigenvalue weighted by molar-refractivity contribution is -0.138. The minimum atomic E-state index is -2.16. The second kappa shape index (κ2) is 55.7. The van der Waals surface area contributed by atoms with Crippen molar-refractivity contribution in [2.45, 2.75) is 141 Å². The highest BCUT2D eigenvalue weighted by Crippen LogP contribution is 2.32. The van der Waals surface area contributed by atoms with Crippen LogP contribution in [0.15, 0.2) is 285 Å². The molecule has 1 unspecified atom stereocenters. The largest absolute Gasteiger partial charge is 0.493 e. The number of para-hydroxylation sites is 4. The fourth-order valence-corrected chi connectivity index (χ4v) is 13.5. The standard InChI is InChI=1S/C27H29NO6.2C27H31NO6.C25H26O5/c29-26(30)10-2-1-5-15-33-25-8-4-3-7-22(25)17-28(23-18-32-19-23)27(31)21-13-11-20(12-14-21)24-9-6-16-34-24;2*1-32-19-16-28(27(31)22-14-12-21(13-15-22)24-10-7-18-34-24)20-23-8-4-5-9-25(23)33-17-6-2-3-11-26(29)30;26-22(19-11-13-21(14-12-19)24-9-6-18-30-24)16-15-20-7-3-4-8-23(20)29-17-5-1-2-10-25(27)28/h3-4,6-9,11-14,16,23H,1-2,5,10,15,17-19H2,(H,29,30);2*4-5,7-10,12-15,18H,2-3,6,11,16-17,19-20H2,1H3,(H,29,30);3-4,6-9,11-14,18H,1-2,5,10,15-17H2,(H,27,28)/i17D2;16D2;16D;15D2. The van der Waals surface area contributed by atoms with E-state index in [1.54, 1.807) is 195 Å². The number of rotatable bonds is 52. The first kappa shape index (κ1) is 89.9. The summed E-state index contributed by atoms with van der Waals surface area (Å²) in [5.41, 5.74) is 6.94. The molecule has 0 saturated carbocycles. The number of carboxylic acids is 4. The molecule has 0 aliphatic carbocycles. The zero-order chi connectivity index (χ0) is 99.5. The van der Waals surface area contributed by atoms with Crippen LogP contribution in [0, 0.1) is 0 Å². The number of hydrogen-bond donors (Lipinski definition) is 4. The topological polar surface area (TPSA) is 344 Å². The number of ether oxygens (including phenoxy) is 7. The first-order chi connectivity index (χ1) is 67.0. The zero-order valence-electron chi connectivity index (χ0n) is 81.0. The Bertz CT molecular complexity index is 5780. The van der Waals surface area contributed by atoms with E-state index in [-0.39, 0.29) is 88.9 Å². The van der Waals surface area contributed by atoms with E-state index in [2.05, 4.69) is 0 Å². The average Bonchev–Trinajstić information content (AvgIpc) is 1.12. The Hall–Kier alpha value is -14.1. The summed E-state index contributed by atoms with van der Waals surface area (Å²) in [5, 5.41) is 34.9. The number of carbonyl (C=O) groups excluding carboxylic acids is 4. The van der Waals surface area contributed by atoms with Gasteiger partial charge in [0.25, 0.3) is 17.7 Å². The summed E-state index contributed by atoms with van der Waals surface area (Å²) in [6, 6.07) is 70.0. The highest BCUT2D eigenvalue weighted by molar-refractivity contribution is 5.97. The Morgan fingerprint density at radius 1 is 0.333 bits per heavy atom. The molecule has 1 atom stereocenters. The lowest BCUT2D eigenvalue weighted by Gasteiger charge is -2.37. The van der Waals surface area contributed by atoms with Crippen LogP contribution in [0.5, 0.6) is 23.0 Å². The van der Waals surface area contributed by atoms with Gasteiger partial charge in [-0.3, -0.25) is 38.4 Å². The molecule has 4 aromatic heterocycles. The number of carboxylic acid groups (broad SMARTS) is 4. The molecule has 132 heavy (non-hydrogen) atoms. The van der Waals surface area contributed by atoms with Gasteiger partial charge >= 0.3 is 23.9 Å². The van der Waals surface area contributed by atoms with Crippen molar-refractivity contribution in [3.8, 4) is 68.3 Å². The van der Waals surface area contributed by atoms with Crippen LogP contribution in [-0.2, 0) is 59.3 Å². The molecule has 0 radical (unpaired) electrons. The second-order valence-electron chi connectivity index (χ2n) is 30.4. The minimum absolute atomic E-state index is 0.0235. The predicted octanol–water partition coefficient (Wildman–Crippen LogP) is 21.3. The highest BCUT2D eigenvalue weighted by Gasteiger charge is 2.32. The lowest BCUT2D eigenvalue weighted by Crippen LogP contribution is -2.51. The number of Topliss-reactive ketones (excluding diaryl/α,β-unsaturated/α-hetero) is 1. The van der Waals surface area contributed by atoms with Crippen molar-refractivity contribution < 1.29 is 119 Å². The average molecular weight is 1810 g/mol. The van der Waals surface area contributed by atoms with Crippen LogP contribution < -0.4 is 18.9 Å². The van der Waals surface area contributed by atoms with Gasteiger partial charge in [-0.25, -0.2) is 0 Å². The van der Waals surface area contributed by atoms with Crippen LogP contribution in [0.3, 0.4) is 0 Å². The van der Waals surface area contributed by atoms with Crippen molar-refractivity contribution in [2.24, 2.45) is 0 Å². The number of benzene rings is 8. The molecule has 4 N–H and O–H groups in total. The number of amides is 3. The fourth-order valence-electron chi connectivity index (χ4n) is 13.5. The smallest absolute Gasteiger partial charge is 0.303 e. The number of aryl methyl sites for hydroxylation is 1. The highest BCUT2D eigenvalue weighted by atomic mass is 16.5. The minimum Gasteiger partial charge on any atom is -0.493 e. The number of nitrogens with zero attached hydrogens (tertiary/aromatic N) is 3. The van der Waals surface area contributed by atoms with Crippen LogP contribution in [0.25, 0.3) is 45.3 Å². The van der Waals surface area contributed by atoms with Gasteiger partial charge in [-0.2, -0.15) is 0 Å². The van der Waals surface area contributed by atoms with Crippen LogP contribution >= 0.6 is 0 Å². The van der Waals surface area contributed by atoms with E-state index in [9.17, 15) is 38.4 Å². The molecular weight excluding hydrogens is 1680 g/mol. The maximum absolute atomic E-state index is 13.6. The third-order valence-electron chi connectivity index (χ3n) is 20.6. The van der Waals surface area contributed by atoms with E-state index < -0.39 is 67.6 Å². The van der Waals surface area contributed by atoms with Crippen molar-refractivity contribution in [3.63, 3.8) is 0 Å². The number of furan rings is 4. The molecule has 12 aromatic rings. The Kier molecular flexibility index (Phi) is 37.9. The molecule has 26 nitrogen and oxygen atoms in total. The van der Waals surface area contributed by atoms with E-state index in [0.29, 0.717) is 164 Å². The molecule has 3 amide bonds. The molecule has 13 rings (SSSR count). The third-order valence-corrected chi connectivity index (χ3v) is 20.6. The quantitative estimate of drug-likeness (QED) is 0.0203. The second-order valence-corrected chi connectivity index (χ2v) is 30.4. The monoisotopic (exact) mass is 1810 g/mol. The summed E-state index contributed by atoms with van der Waals surface area (Å²) >= 11 is 0. The maximum Gasteiger partial charge on any atom is 0.303 e. The summed E-state index contributed by atoms with van der Waals surface area (Å²) in [5.74, 6) is -0.0301. The summed E-state index contributed by atoms with van der Waals surface area (Å²) in [7, 11) is 2.89. The zero-order valence-corrected chi connectivity index (χ0v) is 74.0. The predicted molar refractivity (Wildman–Crippen MR) is 499 cm³/mol. The van der Waals surface area contributed by atoms with E-state index in [1.807, 2.05) is 72.8 Å². The maximum atomic E-state index is 13.6. The van der Waals surface area contributed by atoms with Gasteiger partial charge in [-0.05, 0) is 198 Å². The van der Waals surface area contributed by atoms with Gasteiger partial charge in [0.2, 0.25) is 0 Å². The Labute approximate surface area is 779 Å². The normalized spacial score (nSPS) is 12.7. The molecule has 5 heterocycles. The number of carbonyl (C=O) groups is 8.